The van der Waals surface area contributed by atoms with Gasteiger partial charge in [-0.05, 0) is 42.0 Å². The van der Waals surface area contributed by atoms with E-state index in [0.29, 0.717) is 31.1 Å². The van der Waals surface area contributed by atoms with Crippen molar-refractivity contribution >= 4 is 17.7 Å². The molecule has 3 heterocycles. The zero-order chi connectivity index (χ0) is 19.9. The molecule has 7 nitrogen and oxygen atoms in total. The van der Waals surface area contributed by atoms with Gasteiger partial charge in [0.25, 0.3) is 5.91 Å². The minimum atomic E-state index is -0.570. The zero-order valence-electron chi connectivity index (χ0n) is 16.5. The molecule has 0 aliphatic carbocycles. The van der Waals surface area contributed by atoms with E-state index in [-0.39, 0.29) is 29.6 Å². The first-order chi connectivity index (χ1) is 13.4. The second kappa shape index (κ2) is 7.29. The first kappa shape index (κ1) is 19.1. The number of carbonyl (C=O) groups excluding carboxylic acids is 3. The number of carbonyl (C=O) groups is 3. The van der Waals surface area contributed by atoms with E-state index >= 15 is 0 Å². The van der Waals surface area contributed by atoms with Gasteiger partial charge in [0, 0.05) is 37.7 Å². The summed E-state index contributed by atoms with van der Waals surface area (Å²) in [6, 6.07) is 5.59. The molecule has 3 aliphatic heterocycles. The number of amides is 3. The Morgan fingerprint density at radius 3 is 2.82 bits per heavy atom. The summed E-state index contributed by atoms with van der Waals surface area (Å²) >= 11 is 0. The fraction of sp³-hybridized carbons (Fsp3) is 0.571. The molecule has 2 atom stereocenters. The zero-order valence-corrected chi connectivity index (χ0v) is 16.5. The number of benzene rings is 1. The van der Waals surface area contributed by atoms with Gasteiger partial charge in [-0.25, -0.2) is 0 Å². The summed E-state index contributed by atoms with van der Waals surface area (Å²) in [7, 11) is 0. The summed E-state index contributed by atoms with van der Waals surface area (Å²) in [4.78, 5) is 38.2. The van der Waals surface area contributed by atoms with Gasteiger partial charge < -0.3 is 15.5 Å². The topological polar surface area (TPSA) is 90.5 Å². The molecule has 4 rings (SSSR count). The highest BCUT2D eigenvalue weighted by atomic mass is 16.2. The maximum Gasteiger partial charge on any atom is 0.255 e. The molecular formula is C21H28N4O3. The minimum absolute atomic E-state index is 0.119. The predicted octanol–water partition coefficient (Wildman–Crippen LogP) is 0.925. The molecule has 0 radical (unpaired) electrons. The number of hydrogen-bond donors (Lipinski definition) is 3. The average Bonchev–Trinajstić information content (AvgIpc) is 2.98. The largest absolute Gasteiger partial charge is 0.322 e. The standard InChI is InChI=1S/C21H28N4O3/c1-21(2)8-9-22-11-17(21)23-10-13-4-3-5-14-15(13)12-25(20(14)28)16-6-7-18(26)24-19(16)27/h3-5,16-17,22-23H,6-12H2,1-2H3,(H,24,26,27). The van der Waals surface area contributed by atoms with Gasteiger partial charge in [-0.15, -0.1) is 0 Å². The van der Waals surface area contributed by atoms with Crippen molar-refractivity contribution in [1.29, 1.82) is 0 Å². The summed E-state index contributed by atoms with van der Waals surface area (Å²) in [5.41, 5.74) is 2.98. The highest BCUT2D eigenvalue weighted by Crippen LogP contribution is 2.31. The fourth-order valence-corrected chi connectivity index (χ4v) is 4.50. The van der Waals surface area contributed by atoms with Crippen LogP contribution >= 0.6 is 0 Å². The smallest absolute Gasteiger partial charge is 0.255 e. The molecule has 3 amide bonds. The Labute approximate surface area is 165 Å². The van der Waals surface area contributed by atoms with E-state index in [1.54, 1.807) is 4.90 Å². The van der Waals surface area contributed by atoms with Gasteiger partial charge in [-0.3, -0.25) is 19.7 Å². The molecule has 2 fully saturated rings. The lowest BCUT2D eigenvalue weighted by molar-refractivity contribution is -0.136. The van der Waals surface area contributed by atoms with Crippen LogP contribution in [0.25, 0.3) is 0 Å². The number of nitrogens with zero attached hydrogens (tertiary/aromatic N) is 1. The van der Waals surface area contributed by atoms with Crippen LogP contribution in [0.4, 0.5) is 0 Å². The third-order valence-electron chi connectivity index (χ3n) is 6.46. The molecular weight excluding hydrogens is 356 g/mol. The molecule has 0 spiro atoms. The van der Waals surface area contributed by atoms with Crippen molar-refractivity contribution in [3.63, 3.8) is 0 Å². The molecule has 150 valence electrons. The number of nitrogens with one attached hydrogen (secondary N) is 3. The van der Waals surface area contributed by atoms with Gasteiger partial charge in [-0.1, -0.05) is 26.0 Å². The number of fused-ring (bicyclic) bond motifs is 1. The maximum atomic E-state index is 12.9. The van der Waals surface area contributed by atoms with E-state index < -0.39 is 6.04 Å². The van der Waals surface area contributed by atoms with Gasteiger partial charge in [-0.2, -0.15) is 0 Å². The average molecular weight is 384 g/mol. The Kier molecular flexibility index (Phi) is 4.97. The van der Waals surface area contributed by atoms with Crippen molar-refractivity contribution in [2.75, 3.05) is 13.1 Å². The van der Waals surface area contributed by atoms with Crippen LogP contribution in [0.1, 0.15) is 54.6 Å². The van der Waals surface area contributed by atoms with Crippen LogP contribution in [0.15, 0.2) is 18.2 Å². The Hall–Kier alpha value is -2.25. The summed E-state index contributed by atoms with van der Waals surface area (Å²) in [5.74, 6) is -0.753. The maximum absolute atomic E-state index is 12.9. The lowest BCUT2D eigenvalue weighted by Gasteiger charge is -2.39. The second-order valence-electron chi connectivity index (χ2n) is 8.72. The Morgan fingerprint density at radius 1 is 1.25 bits per heavy atom. The Morgan fingerprint density at radius 2 is 2.07 bits per heavy atom. The predicted molar refractivity (Wildman–Crippen MR) is 104 cm³/mol. The van der Waals surface area contributed by atoms with Gasteiger partial charge in [0.05, 0.1) is 0 Å². The molecule has 0 bridgehead atoms. The third kappa shape index (κ3) is 3.44. The number of imide groups is 1. The van der Waals surface area contributed by atoms with E-state index in [1.807, 2.05) is 12.1 Å². The van der Waals surface area contributed by atoms with Crippen LogP contribution in [0.5, 0.6) is 0 Å². The molecule has 3 N–H and O–H groups in total. The van der Waals surface area contributed by atoms with Crippen LogP contribution in [0.2, 0.25) is 0 Å². The number of piperidine rings is 2. The normalized spacial score (nSPS) is 26.9. The van der Waals surface area contributed by atoms with Gasteiger partial charge in [0.2, 0.25) is 11.8 Å². The SMILES string of the molecule is CC1(C)CCNCC1NCc1cccc2c1CN(C1CCC(=O)NC1=O)C2=O. The van der Waals surface area contributed by atoms with Gasteiger partial charge in [0.1, 0.15) is 6.04 Å². The lowest BCUT2D eigenvalue weighted by Crippen LogP contribution is -2.53. The Balaban J connectivity index is 1.50. The molecule has 0 aromatic heterocycles. The van der Waals surface area contributed by atoms with Gasteiger partial charge in [0.15, 0.2) is 0 Å². The van der Waals surface area contributed by atoms with Crippen molar-refractivity contribution in [3.8, 4) is 0 Å². The van der Waals surface area contributed by atoms with Crippen molar-refractivity contribution in [2.24, 2.45) is 5.41 Å². The summed E-state index contributed by atoms with van der Waals surface area (Å²) in [6.45, 7) is 7.66. The lowest BCUT2D eigenvalue weighted by atomic mass is 9.78. The molecule has 28 heavy (non-hydrogen) atoms. The highest BCUT2D eigenvalue weighted by molar-refractivity contribution is 6.05. The van der Waals surface area contributed by atoms with Gasteiger partial charge >= 0.3 is 0 Å². The van der Waals surface area contributed by atoms with Crippen LogP contribution in [0.3, 0.4) is 0 Å². The van der Waals surface area contributed by atoms with Crippen LogP contribution in [-0.2, 0) is 22.7 Å². The minimum Gasteiger partial charge on any atom is -0.322 e. The van der Waals surface area contributed by atoms with Crippen LogP contribution in [-0.4, -0.2) is 47.8 Å². The third-order valence-corrected chi connectivity index (χ3v) is 6.46. The van der Waals surface area contributed by atoms with Crippen molar-refractivity contribution in [1.82, 2.24) is 20.9 Å². The molecule has 7 heteroatoms. The van der Waals surface area contributed by atoms with E-state index in [9.17, 15) is 14.4 Å². The fourth-order valence-electron chi connectivity index (χ4n) is 4.50. The van der Waals surface area contributed by atoms with E-state index in [4.69, 9.17) is 0 Å². The van der Waals surface area contributed by atoms with Crippen LogP contribution in [0, 0.1) is 5.41 Å². The summed E-state index contributed by atoms with van der Waals surface area (Å²) in [5, 5.41) is 9.47. The van der Waals surface area contributed by atoms with E-state index in [2.05, 4.69) is 35.9 Å². The molecule has 0 saturated carbocycles. The Bertz CT molecular complexity index is 820. The molecule has 1 aromatic carbocycles. The summed E-state index contributed by atoms with van der Waals surface area (Å²) < 4.78 is 0. The van der Waals surface area contributed by atoms with Crippen LogP contribution < -0.4 is 16.0 Å². The summed E-state index contributed by atoms with van der Waals surface area (Å²) in [6.07, 6.45) is 1.79. The van der Waals surface area contributed by atoms with Crippen molar-refractivity contribution < 1.29 is 14.4 Å². The van der Waals surface area contributed by atoms with E-state index in [1.165, 1.54) is 0 Å². The second-order valence-corrected chi connectivity index (χ2v) is 8.72. The molecule has 2 saturated heterocycles. The van der Waals surface area contributed by atoms with E-state index in [0.717, 1.165) is 30.6 Å². The monoisotopic (exact) mass is 384 g/mol. The quantitative estimate of drug-likeness (QED) is 0.672. The van der Waals surface area contributed by atoms with Crippen molar-refractivity contribution in [3.05, 3.63) is 34.9 Å². The number of hydrogen-bond acceptors (Lipinski definition) is 5. The molecule has 2 unspecified atom stereocenters. The first-order valence-corrected chi connectivity index (χ1v) is 10.1. The first-order valence-electron chi connectivity index (χ1n) is 10.1. The number of rotatable bonds is 4. The van der Waals surface area contributed by atoms with Crippen molar-refractivity contribution in [2.45, 2.75) is 58.3 Å². The molecule has 3 aliphatic rings. The highest BCUT2D eigenvalue weighted by Gasteiger charge is 2.40. The molecule has 1 aromatic rings.